The molecule has 24 heavy (non-hydrogen) atoms. The molecule has 0 spiro atoms. The van der Waals surface area contributed by atoms with E-state index >= 15 is 0 Å². The fourth-order valence-corrected chi connectivity index (χ4v) is 3.04. The Balaban J connectivity index is 2.44. The highest BCUT2D eigenvalue weighted by Gasteiger charge is 2.20. The van der Waals surface area contributed by atoms with Crippen LogP contribution in [0.15, 0.2) is 23.1 Å². The van der Waals surface area contributed by atoms with Gasteiger partial charge in [0.05, 0.1) is 5.69 Å². The molecule has 1 aromatic carbocycles. The lowest BCUT2D eigenvalue weighted by molar-refractivity contribution is 0.797. The van der Waals surface area contributed by atoms with E-state index in [2.05, 4.69) is 16.2 Å². The molecule has 0 amide bonds. The van der Waals surface area contributed by atoms with Crippen LogP contribution in [0.3, 0.4) is 0 Å². The van der Waals surface area contributed by atoms with Gasteiger partial charge in [-0.3, -0.25) is 9.89 Å². The van der Waals surface area contributed by atoms with E-state index in [0.717, 1.165) is 16.7 Å². The average molecular weight is 341 g/mol. The summed E-state index contributed by atoms with van der Waals surface area (Å²) in [5.74, 6) is -0.0120. The van der Waals surface area contributed by atoms with Gasteiger partial charge < -0.3 is 0 Å². The first-order chi connectivity index (χ1) is 11.3. The Morgan fingerprint density at radius 1 is 1.29 bits per heavy atom. The second-order valence-corrected chi connectivity index (χ2v) is 6.59. The Morgan fingerprint density at radius 2 is 1.92 bits per heavy atom. The summed E-state index contributed by atoms with van der Waals surface area (Å²) in [6.07, 6.45) is 1.50. The van der Waals surface area contributed by atoms with E-state index in [1.165, 1.54) is 10.7 Å². The summed E-state index contributed by atoms with van der Waals surface area (Å²) in [5.41, 5.74) is 4.41. The molecule has 0 atom stereocenters. The number of halogens is 1. The van der Waals surface area contributed by atoms with E-state index in [1.807, 2.05) is 39.8 Å². The number of benzene rings is 1. The molecule has 0 saturated carbocycles. The minimum absolute atomic E-state index is 0.0120. The number of aromatic nitrogens is 3. The van der Waals surface area contributed by atoms with Crippen molar-refractivity contribution >= 4 is 17.2 Å². The second-order valence-electron chi connectivity index (χ2n) is 6.22. The summed E-state index contributed by atoms with van der Waals surface area (Å²) in [4.78, 5) is 17.5. The zero-order valence-corrected chi connectivity index (χ0v) is 14.7. The van der Waals surface area contributed by atoms with Gasteiger partial charge in [0.25, 0.3) is 5.56 Å². The number of H-pyrrole nitrogens is 1. The third kappa shape index (κ3) is 2.40. The predicted octanol–water partition coefficient (Wildman–Crippen LogP) is 3.95. The standard InChI is InChI=1S/C18H17ClN4O/c1-9(2)14-16(12-5-10(3)15(19)11(4)6-12)22-17-13(7-20)8-21-23(17)18(14)24/h5-6,8-9,21H,1-4H3. The van der Waals surface area contributed by atoms with Crippen molar-refractivity contribution in [2.24, 2.45) is 0 Å². The number of nitriles is 1. The van der Waals surface area contributed by atoms with Gasteiger partial charge >= 0.3 is 0 Å². The van der Waals surface area contributed by atoms with Crippen LogP contribution in [0.25, 0.3) is 16.9 Å². The highest BCUT2D eigenvalue weighted by molar-refractivity contribution is 6.32. The van der Waals surface area contributed by atoms with E-state index in [9.17, 15) is 10.1 Å². The third-order valence-electron chi connectivity index (χ3n) is 4.10. The number of aryl methyl sites for hydroxylation is 2. The Hall–Kier alpha value is -2.58. The topological polar surface area (TPSA) is 73.9 Å². The fourth-order valence-electron chi connectivity index (χ4n) is 2.93. The first kappa shape index (κ1) is 16.3. The van der Waals surface area contributed by atoms with Gasteiger partial charge in [0.1, 0.15) is 11.6 Å². The number of fused-ring (bicyclic) bond motifs is 1. The molecule has 0 aliphatic heterocycles. The summed E-state index contributed by atoms with van der Waals surface area (Å²) in [7, 11) is 0. The lowest BCUT2D eigenvalue weighted by atomic mass is 9.96. The summed E-state index contributed by atoms with van der Waals surface area (Å²) in [6, 6.07) is 5.92. The number of hydrogen-bond donors (Lipinski definition) is 1. The molecule has 3 rings (SSSR count). The number of nitrogens with one attached hydrogen (secondary N) is 1. The molecule has 0 radical (unpaired) electrons. The SMILES string of the molecule is Cc1cc(-c2nc3c(C#N)c[nH]n3c(=O)c2C(C)C)cc(C)c1Cl. The lowest BCUT2D eigenvalue weighted by Crippen LogP contribution is -2.22. The van der Waals surface area contributed by atoms with Gasteiger partial charge in [-0.2, -0.15) is 5.26 Å². The molecule has 0 fully saturated rings. The van der Waals surface area contributed by atoms with Gasteiger partial charge in [0.2, 0.25) is 0 Å². The monoisotopic (exact) mass is 340 g/mol. The smallest absolute Gasteiger partial charge is 0.276 e. The minimum atomic E-state index is -0.184. The minimum Gasteiger partial charge on any atom is -0.295 e. The van der Waals surface area contributed by atoms with E-state index in [0.29, 0.717) is 27.5 Å². The van der Waals surface area contributed by atoms with Crippen molar-refractivity contribution in [2.75, 3.05) is 0 Å². The largest absolute Gasteiger partial charge is 0.295 e. The maximum atomic E-state index is 12.9. The zero-order chi connectivity index (χ0) is 17.6. The molecular formula is C18H17ClN4O. The molecule has 2 aromatic heterocycles. The van der Waals surface area contributed by atoms with Crippen LogP contribution in [0.5, 0.6) is 0 Å². The maximum absolute atomic E-state index is 12.9. The summed E-state index contributed by atoms with van der Waals surface area (Å²) in [5, 5.41) is 12.8. The van der Waals surface area contributed by atoms with Crippen LogP contribution in [0.1, 0.15) is 42.0 Å². The summed E-state index contributed by atoms with van der Waals surface area (Å²) < 4.78 is 1.33. The van der Waals surface area contributed by atoms with E-state index in [4.69, 9.17) is 11.6 Å². The van der Waals surface area contributed by atoms with Crippen molar-refractivity contribution in [1.82, 2.24) is 14.6 Å². The quantitative estimate of drug-likeness (QED) is 0.767. The van der Waals surface area contributed by atoms with Crippen molar-refractivity contribution in [1.29, 1.82) is 5.26 Å². The normalized spacial score (nSPS) is 11.2. The molecule has 0 bridgehead atoms. The van der Waals surface area contributed by atoms with Gasteiger partial charge in [0.15, 0.2) is 5.65 Å². The molecule has 0 saturated heterocycles. The Bertz CT molecular complexity index is 1030. The lowest BCUT2D eigenvalue weighted by Gasteiger charge is -2.14. The molecule has 1 N–H and O–H groups in total. The van der Waals surface area contributed by atoms with Crippen molar-refractivity contribution in [3.63, 3.8) is 0 Å². The van der Waals surface area contributed by atoms with Crippen LogP contribution in [0.2, 0.25) is 5.02 Å². The molecule has 0 aliphatic carbocycles. The van der Waals surface area contributed by atoms with Crippen LogP contribution >= 0.6 is 11.6 Å². The van der Waals surface area contributed by atoms with Crippen LogP contribution in [0, 0.1) is 25.2 Å². The summed E-state index contributed by atoms with van der Waals surface area (Å²) >= 11 is 6.26. The van der Waals surface area contributed by atoms with Crippen LogP contribution in [0.4, 0.5) is 0 Å². The van der Waals surface area contributed by atoms with Crippen molar-refractivity contribution < 1.29 is 0 Å². The fraction of sp³-hybridized carbons (Fsp3) is 0.278. The van der Waals surface area contributed by atoms with Gasteiger partial charge in [-0.1, -0.05) is 25.4 Å². The van der Waals surface area contributed by atoms with Crippen LogP contribution in [-0.4, -0.2) is 14.6 Å². The Labute approximate surface area is 144 Å². The van der Waals surface area contributed by atoms with Gasteiger partial charge in [-0.05, 0) is 43.0 Å². The highest BCUT2D eigenvalue weighted by Crippen LogP contribution is 2.31. The number of nitrogens with zero attached hydrogens (tertiary/aromatic N) is 3. The van der Waals surface area contributed by atoms with Gasteiger partial charge in [-0.25, -0.2) is 9.50 Å². The summed E-state index contributed by atoms with van der Waals surface area (Å²) in [6.45, 7) is 7.77. The third-order valence-corrected chi connectivity index (χ3v) is 4.70. The molecule has 6 heteroatoms. The van der Waals surface area contributed by atoms with Gasteiger partial charge in [0, 0.05) is 22.3 Å². The number of rotatable bonds is 2. The first-order valence-corrected chi connectivity index (χ1v) is 8.04. The first-order valence-electron chi connectivity index (χ1n) is 7.66. The second kappa shape index (κ2) is 5.81. The molecule has 3 aromatic rings. The highest BCUT2D eigenvalue weighted by atomic mass is 35.5. The molecule has 0 unspecified atom stereocenters. The Kier molecular flexibility index (Phi) is 3.94. The average Bonchev–Trinajstić information content (AvgIpc) is 2.94. The van der Waals surface area contributed by atoms with E-state index in [1.54, 1.807) is 0 Å². The molecular weight excluding hydrogens is 324 g/mol. The molecule has 5 nitrogen and oxygen atoms in total. The van der Waals surface area contributed by atoms with Crippen LogP contribution in [-0.2, 0) is 0 Å². The zero-order valence-electron chi connectivity index (χ0n) is 13.9. The van der Waals surface area contributed by atoms with Crippen LogP contribution < -0.4 is 5.56 Å². The van der Waals surface area contributed by atoms with E-state index < -0.39 is 0 Å². The Morgan fingerprint density at radius 3 is 2.46 bits per heavy atom. The molecule has 2 heterocycles. The molecule has 0 aliphatic rings. The van der Waals surface area contributed by atoms with E-state index in [-0.39, 0.29) is 11.5 Å². The number of hydrogen-bond acceptors (Lipinski definition) is 3. The van der Waals surface area contributed by atoms with Gasteiger partial charge in [-0.15, -0.1) is 0 Å². The van der Waals surface area contributed by atoms with Crippen molar-refractivity contribution in [2.45, 2.75) is 33.6 Å². The van der Waals surface area contributed by atoms with Crippen molar-refractivity contribution in [3.8, 4) is 17.3 Å². The van der Waals surface area contributed by atoms with Crippen molar-refractivity contribution in [3.05, 3.63) is 56.0 Å². The molecule has 122 valence electrons. The predicted molar refractivity (Wildman–Crippen MR) is 94.5 cm³/mol. The maximum Gasteiger partial charge on any atom is 0.276 e. The number of aromatic amines is 1.